The first-order chi connectivity index (χ1) is 16.2. The molecule has 3 aromatic rings. The number of carbonyl (C=O) groups excluding carboxylic acids is 1. The number of benzene rings is 2. The van der Waals surface area contributed by atoms with Crippen LogP contribution in [0.1, 0.15) is 33.7 Å². The molecular formula is C27H32N4O2. The third kappa shape index (κ3) is 4.33. The molecule has 0 spiro atoms. The van der Waals surface area contributed by atoms with Crippen LogP contribution in [0.25, 0.3) is 10.8 Å². The molecule has 33 heavy (non-hydrogen) atoms. The van der Waals surface area contributed by atoms with E-state index in [2.05, 4.69) is 61.0 Å². The molecule has 0 N–H and O–H groups in total. The third-order valence-electron chi connectivity index (χ3n) is 7.05. The number of amides is 1. The van der Waals surface area contributed by atoms with Crippen molar-refractivity contribution in [1.82, 2.24) is 19.6 Å². The Balaban J connectivity index is 1.39. The van der Waals surface area contributed by atoms with Crippen LogP contribution in [-0.2, 0) is 30.7 Å². The molecule has 1 saturated heterocycles. The minimum Gasteiger partial charge on any atom is -0.378 e. The fourth-order valence-corrected chi connectivity index (χ4v) is 5.24. The van der Waals surface area contributed by atoms with Crippen LogP contribution >= 0.6 is 0 Å². The second kappa shape index (κ2) is 9.49. The minimum absolute atomic E-state index is 0.0368. The zero-order valence-corrected chi connectivity index (χ0v) is 19.4. The molecule has 1 aliphatic carbocycles. The summed E-state index contributed by atoms with van der Waals surface area (Å²) in [4.78, 5) is 17.7. The van der Waals surface area contributed by atoms with Crippen LogP contribution in [0.2, 0.25) is 0 Å². The molecule has 2 heterocycles. The van der Waals surface area contributed by atoms with Crippen molar-refractivity contribution in [2.45, 2.75) is 38.4 Å². The quantitative estimate of drug-likeness (QED) is 0.544. The van der Waals surface area contributed by atoms with Crippen molar-refractivity contribution in [3.63, 3.8) is 0 Å². The number of rotatable bonds is 6. The average Bonchev–Trinajstić information content (AvgIpc) is 3.22. The van der Waals surface area contributed by atoms with E-state index in [-0.39, 0.29) is 5.91 Å². The van der Waals surface area contributed by atoms with Gasteiger partial charge in [-0.15, -0.1) is 6.58 Å². The van der Waals surface area contributed by atoms with Crippen molar-refractivity contribution < 1.29 is 9.53 Å². The van der Waals surface area contributed by atoms with Gasteiger partial charge in [-0.25, -0.2) is 0 Å². The van der Waals surface area contributed by atoms with Crippen molar-refractivity contribution >= 4 is 16.7 Å². The smallest absolute Gasteiger partial charge is 0.274 e. The van der Waals surface area contributed by atoms with Gasteiger partial charge < -0.3 is 9.64 Å². The molecular weight excluding hydrogens is 412 g/mol. The van der Waals surface area contributed by atoms with Gasteiger partial charge in [-0.05, 0) is 42.6 Å². The molecule has 172 valence electrons. The van der Waals surface area contributed by atoms with E-state index < -0.39 is 0 Å². The maximum absolute atomic E-state index is 13.4. The lowest BCUT2D eigenvalue weighted by molar-refractivity contribution is 0.0297. The van der Waals surface area contributed by atoms with Crippen LogP contribution in [0.3, 0.4) is 0 Å². The van der Waals surface area contributed by atoms with Gasteiger partial charge in [-0.3, -0.25) is 14.4 Å². The van der Waals surface area contributed by atoms with Crippen LogP contribution in [0, 0.1) is 0 Å². The number of likely N-dealkylation sites (N-methyl/N-ethyl adjacent to an activating group) is 1. The minimum atomic E-state index is 0.0368. The fourth-order valence-electron chi connectivity index (χ4n) is 5.24. The Morgan fingerprint density at radius 1 is 1.21 bits per heavy atom. The van der Waals surface area contributed by atoms with E-state index in [0.717, 1.165) is 31.4 Å². The predicted molar refractivity (Wildman–Crippen MR) is 130 cm³/mol. The first-order valence-electron chi connectivity index (χ1n) is 11.9. The normalized spacial score (nSPS) is 18.5. The lowest BCUT2D eigenvalue weighted by Crippen LogP contribution is -2.42. The molecule has 0 bridgehead atoms. The molecule has 1 atom stereocenters. The molecule has 0 radical (unpaired) electrons. The molecule has 0 saturated carbocycles. The highest BCUT2D eigenvalue weighted by Crippen LogP contribution is 2.30. The van der Waals surface area contributed by atoms with Crippen LogP contribution in [0.4, 0.5) is 0 Å². The second-order valence-corrected chi connectivity index (χ2v) is 9.10. The van der Waals surface area contributed by atoms with E-state index >= 15 is 0 Å². The van der Waals surface area contributed by atoms with E-state index in [9.17, 15) is 4.79 Å². The van der Waals surface area contributed by atoms with Crippen molar-refractivity contribution in [2.24, 2.45) is 0 Å². The average molecular weight is 445 g/mol. The number of hydrogen-bond donors (Lipinski definition) is 0. The molecule has 1 aliphatic heterocycles. The van der Waals surface area contributed by atoms with E-state index in [4.69, 9.17) is 9.84 Å². The predicted octanol–water partition coefficient (Wildman–Crippen LogP) is 3.68. The van der Waals surface area contributed by atoms with Crippen molar-refractivity contribution in [3.8, 4) is 0 Å². The Hall–Kier alpha value is -2.96. The highest BCUT2D eigenvalue weighted by Gasteiger charge is 2.32. The zero-order chi connectivity index (χ0) is 22.8. The molecule has 5 rings (SSSR count). The third-order valence-corrected chi connectivity index (χ3v) is 7.05. The summed E-state index contributed by atoms with van der Waals surface area (Å²) in [5.41, 5.74) is 4.28. The van der Waals surface area contributed by atoms with Crippen molar-refractivity contribution in [3.05, 3.63) is 77.6 Å². The Morgan fingerprint density at radius 3 is 2.82 bits per heavy atom. The van der Waals surface area contributed by atoms with Gasteiger partial charge in [0.1, 0.15) is 0 Å². The topological polar surface area (TPSA) is 50.6 Å². The second-order valence-electron chi connectivity index (χ2n) is 9.10. The SMILES string of the molecule is C=CCn1nc(C(=O)N2CCOCC2)c2c1CCC(N(C)Cc1cccc3ccccc13)C2. The van der Waals surface area contributed by atoms with Gasteiger partial charge in [0.25, 0.3) is 5.91 Å². The Bertz CT molecular complexity index is 1160. The molecule has 1 unspecified atom stereocenters. The molecule has 1 aromatic heterocycles. The Labute approximate surface area is 195 Å². The van der Waals surface area contributed by atoms with Gasteiger partial charge >= 0.3 is 0 Å². The van der Waals surface area contributed by atoms with E-state index in [0.29, 0.717) is 44.6 Å². The largest absolute Gasteiger partial charge is 0.378 e. The number of morpholine rings is 1. The van der Waals surface area contributed by atoms with Crippen LogP contribution in [0.5, 0.6) is 0 Å². The molecule has 2 aromatic carbocycles. The van der Waals surface area contributed by atoms with Crippen LogP contribution < -0.4 is 0 Å². The maximum Gasteiger partial charge on any atom is 0.274 e. The summed E-state index contributed by atoms with van der Waals surface area (Å²) in [5, 5.41) is 7.36. The number of carbonyl (C=O) groups is 1. The van der Waals surface area contributed by atoms with Crippen LogP contribution in [-0.4, -0.2) is 64.9 Å². The van der Waals surface area contributed by atoms with E-state index in [1.165, 1.54) is 22.0 Å². The summed E-state index contributed by atoms with van der Waals surface area (Å²) in [6, 6.07) is 15.5. The van der Waals surface area contributed by atoms with Gasteiger partial charge in [0.05, 0.1) is 19.8 Å². The standard InChI is InChI=1S/C27H32N4O2/c1-3-13-31-25-12-11-22(18-24(25)26(28-31)27(32)30-14-16-33-17-15-30)29(2)19-21-9-6-8-20-7-4-5-10-23(20)21/h3-10,22H,1,11-19H2,2H3. The summed E-state index contributed by atoms with van der Waals surface area (Å²) in [6.45, 7) is 7.85. The van der Waals surface area contributed by atoms with Gasteiger partial charge in [-0.1, -0.05) is 48.5 Å². The van der Waals surface area contributed by atoms with E-state index in [1.54, 1.807) is 0 Å². The summed E-state index contributed by atoms with van der Waals surface area (Å²) in [5.74, 6) is 0.0368. The molecule has 2 aliphatic rings. The monoisotopic (exact) mass is 444 g/mol. The highest BCUT2D eigenvalue weighted by atomic mass is 16.5. The Morgan fingerprint density at radius 2 is 2.00 bits per heavy atom. The summed E-state index contributed by atoms with van der Waals surface area (Å²) in [6.07, 6.45) is 4.69. The molecule has 1 amide bonds. The number of fused-ring (bicyclic) bond motifs is 2. The summed E-state index contributed by atoms with van der Waals surface area (Å²) in [7, 11) is 2.20. The molecule has 6 heteroatoms. The van der Waals surface area contributed by atoms with Gasteiger partial charge in [0.15, 0.2) is 5.69 Å². The molecule has 1 fully saturated rings. The van der Waals surface area contributed by atoms with Crippen LogP contribution in [0.15, 0.2) is 55.1 Å². The highest BCUT2D eigenvalue weighted by molar-refractivity contribution is 5.94. The summed E-state index contributed by atoms with van der Waals surface area (Å²) >= 11 is 0. The van der Waals surface area contributed by atoms with Gasteiger partial charge in [0, 0.05) is 36.9 Å². The number of ether oxygens (including phenoxy) is 1. The fraction of sp³-hybridized carbons (Fsp3) is 0.407. The number of nitrogens with zero attached hydrogens (tertiary/aromatic N) is 4. The lowest BCUT2D eigenvalue weighted by atomic mass is 9.89. The number of allylic oxidation sites excluding steroid dienone is 1. The number of aromatic nitrogens is 2. The summed E-state index contributed by atoms with van der Waals surface area (Å²) < 4.78 is 7.42. The van der Waals surface area contributed by atoms with Crippen molar-refractivity contribution in [2.75, 3.05) is 33.4 Å². The maximum atomic E-state index is 13.4. The van der Waals surface area contributed by atoms with Crippen molar-refractivity contribution in [1.29, 1.82) is 0 Å². The first kappa shape index (κ1) is 21.9. The zero-order valence-electron chi connectivity index (χ0n) is 19.4. The molecule has 6 nitrogen and oxygen atoms in total. The van der Waals surface area contributed by atoms with Gasteiger partial charge in [0.2, 0.25) is 0 Å². The lowest BCUT2D eigenvalue weighted by Gasteiger charge is -2.32. The van der Waals surface area contributed by atoms with Gasteiger partial charge in [-0.2, -0.15) is 5.10 Å². The van der Waals surface area contributed by atoms with E-state index in [1.807, 2.05) is 15.7 Å². The number of hydrogen-bond acceptors (Lipinski definition) is 4. The Kier molecular flexibility index (Phi) is 6.29. The first-order valence-corrected chi connectivity index (χ1v) is 11.9.